The Bertz CT molecular complexity index is 384. The van der Waals surface area contributed by atoms with E-state index in [0.717, 1.165) is 19.5 Å². The van der Waals surface area contributed by atoms with E-state index in [9.17, 15) is 5.11 Å². The monoisotopic (exact) mass is 276 g/mol. The van der Waals surface area contributed by atoms with E-state index in [0.29, 0.717) is 17.8 Å². The zero-order chi connectivity index (χ0) is 14.4. The highest BCUT2D eigenvalue weighted by molar-refractivity contribution is 5.28. The van der Waals surface area contributed by atoms with Crippen LogP contribution in [0.4, 0.5) is 0 Å². The summed E-state index contributed by atoms with van der Waals surface area (Å²) in [4.78, 5) is 2.61. The van der Waals surface area contributed by atoms with E-state index in [4.69, 9.17) is 0 Å². The maximum Gasteiger partial charge on any atom is 0.115 e. The average molecular weight is 276 g/mol. The normalized spacial score (nSPS) is 20.4. The van der Waals surface area contributed by atoms with Crippen LogP contribution in [0.25, 0.3) is 0 Å². The van der Waals surface area contributed by atoms with Crippen molar-refractivity contribution >= 4 is 0 Å². The molecule has 2 rings (SSSR count). The summed E-state index contributed by atoms with van der Waals surface area (Å²) in [6.45, 7) is 7.94. The van der Waals surface area contributed by atoms with Crippen LogP contribution in [0, 0.1) is 0 Å². The number of hydrogen-bond donors (Lipinski definition) is 2. The Kier molecular flexibility index (Phi) is 5.86. The van der Waals surface area contributed by atoms with Crippen molar-refractivity contribution in [1.82, 2.24) is 10.2 Å². The van der Waals surface area contributed by atoms with Gasteiger partial charge in [-0.1, -0.05) is 26.0 Å². The molecule has 1 aliphatic heterocycles. The summed E-state index contributed by atoms with van der Waals surface area (Å²) >= 11 is 0. The molecule has 0 saturated carbocycles. The molecule has 3 heteroatoms. The van der Waals surface area contributed by atoms with Gasteiger partial charge in [0.1, 0.15) is 5.75 Å². The highest BCUT2D eigenvalue weighted by atomic mass is 16.3. The third-order valence-corrected chi connectivity index (χ3v) is 4.23. The van der Waals surface area contributed by atoms with E-state index < -0.39 is 0 Å². The summed E-state index contributed by atoms with van der Waals surface area (Å²) in [5, 5.41) is 13.1. The molecule has 2 N–H and O–H groups in total. The Labute approximate surface area is 123 Å². The quantitative estimate of drug-likeness (QED) is 0.802. The summed E-state index contributed by atoms with van der Waals surface area (Å²) in [7, 11) is 0. The molecule has 0 aliphatic carbocycles. The average Bonchev–Trinajstić information content (AvgIpc) is 2.95. The molecule has 1 heterocycles. The van der Waals surface area contributed by atoms with Gasteiger partial charge in [-0.15, -0.1) is 0 Å². The molecule has 1 aliphatic rings. The zero-order valence-corrected chi connectivity index (χ0v) is 12.8. The minimum atomic E-state index is 0.350. The minimum absolute atomic E-state index is 0.350. The van der Waals surface area contributed by atoms with Gasteiger partial charge >= 0.3 is 0 Å². The van der Waals surface area contributed by atoms with Crippen LogP contribution in [-0.4, -0.2) is 35.7 Å². The number of phenols is 1. The third kappa shape index (κ3) is 3.97. The van der Waals surface area contributed by atoms with E-state index in [1.165, 1.54) is 31.4 Å². The van der Waals surface area contributed by atoms with Gasteiger partial charge < -0.3 is 10.4 Å². The van der Waals surface area contributed by atoms with E-state index in [-0.39, 0.29) is 0 Å². The fourth-order valence-corrected chi connectivity index (χ4v) is 3.26. The van der Waals surface area contributed by atoms with Crippen molar-refractivity contribution in [2.75, 3.05) is 19.6 Å². The second-order valence-corrected chi connectivity index (χ2v) is 5.80. The van der Waals surface area contributed by atoms with Crippen LogP contribution in [0.5, 0.6) is 5.75 Å². The second kappa shape index (κ2) is 7.65. The first-order valence-corrected chi connectivity index (χ1v) is 8.01. The van der Waals surface area contributed by atoms with Crippen molar-refractivity contribution in [3.05, 3.63) is 29.8 Å². The van der Waals surface area contributed by atoms with Gasteiger partial charge in [0.25, 0.3) is 0 Å². The molecule has 1 aromatic carbocycles. The molecule has 1 saturated heterocycles. The van der Waals surface area contributed by atoms with Crippen LogP contribution in [0.1, 0.15) is 51.1 Å². The topological polar surface area (TPSA) is 35.5 Å². The predicted octanol–water partition coefficient (Wildman–Crippen LogP) is 3.31. The first-order chi connectivity index (χ1) is 9.74. The highest BCUT2D eigenvalue weighted by Gasteiger charge is 2.23. The fraction of sp³-hybridized carbons (Fsp3) is 0.647. The molecule has 1 fully saturated rings. The molecule has 0 spiro atoms. The summed E-state index contributed by atoms with van der Waals surface area (Å²) in [6, 6.07) is 8.83. The SMILES string of the molecule is CCCN(CC1CCCN1)C(CC)c1ccc(O)cc1. The van der Waals surface area contributed by atoms with Gasteiger partial charge in [-0.05, 0) is 56.5 Å². The van der Waals surface area contributed by atoms with Gasteiger partial charge in [0, 0.05) is 18.6 Å². The number of nitrogens with zero attached hydrogens (tertiary/aromatic N) is 1. The molecule has 0 aromatic heterocycles. The van der Waals surface area contributed by atoms with Gasteiger partial charge in [-0.2, -0.15) is 0 Å². The van der Waals surface area contributed by atoms with Crippen LogP contribution < -0.4 is 5.32 Å². The first-order valence-electron chi connectivity index (χ1n) is 8.01. The Morgan fingerprint density at radius 3 is 2.60 bits per heavy atom. The lowest BCUT2D eigenvalue weighted by atomic mass is 10.0. The first kappa shape index (κ1) is 15.3. The van der Waals surface area contributed by atoms with Crippen LogP contribution >= 0.6 is 0 Å². The number of nitrogens with one attached hydrogen (secondary N) is 1. The van der Waals surface area contributed by atoms with Gasteiger partial charge in [0.05, 0.1) is 0 Å². The molecule has 20 heavy (non-hydrogen) atoms. The predicted molar refractivity (Wildman–Crippen MR) is 84.0 cm³/mol. The van der Waals surface area contributed by atoms with E-state index in [2.05, 4.69) is 36.2 Å². The molecule has 0 amide bonds. The number of rotatable bonds is 7. The van der Waals surface area contributed by atoms with Crippen LogP contribution in [0.2, 0.25) is 0 Å². The summed E-state index contributed by atoms with van der Waals surface area (Å²) in [5.41, 5.74) is 1.32. The van der Waals surface area contributed by atoms with Crippen molar-refractivity contribution in [3.63, 3.8) is 0 Å². The van der Waals surface area contributed by atoms with Crippen molar-refractivity contribution in [1.29, 1.82) is 0 Å². The third-order valence-electron chi connectivity index (χ3n) is 4.23. The van der Waals surface area contributed by atoms with E-state index >= 15 is 0 Å². The van der Waals surface area contributed by atoms with Gasteiger partial charge in [0.15, 0.2) is 0 Å². The minimum Gasteiger partial charge on any atom is -0.508 e. The van der Waals surface area contributed by atoms with Gasteiger partial charge in [0.2, 0.25) is 0 Å². The second-order valence-electron chi connectivity index (χ2n) is 5.80. The summed E-state index contributed by atoms with van der Waals surface area (Å²) in [5.74, 6) is 0.350. The Morgan fingerprint density at radius 2 is 2.05 bits per heavy atom. The van der Waals surface area contributed by atoms with Crippen molar-refractivity contribution in [2.24, 2.45) is 0 Å². The van der Waals surface area contributed by atoms with Crippen LogP contribution in [0.15, 0.2) is 24.3 Å². The Morgan fingerprint density at radius 1 is 1.30 bits per heavy atom. The smallest absolute Gasteiger partial charge is 0.115 e. The fourth-order valence-electron chi connectivity index (χ4n) is 3.26. The van der Waals surface area contributed by atoms with Crippen LogP contribution in [0.3, 0.4) is 0 Å². The Balaban J connectivity index is 2.08. The molecule has 112 valence electrons. The standard InChI is InChI=1S/C17H28N2O/c1-3-12-19(13-15-6-5-11-18-15)17(4-2)14-7-9-16(20)10-8-14/h7-10,15,17-18,20H,3-6,11-13H2,1-2H3. The van der Waals surface area contributed by atoms with Crippen molar-refractivity contribution < 1.29 is 5.11 Å². The van der Waals surface area contributed by atoms with Gasteiger partial charge in [-0.25, -0.2) is 0 Å². The molecular weight excluding hydrogens is 248 g/mol. The van der Waals surface area contributed by atoms with Gasteiger partial charge in [-0.3, -0.25) is 4.90 Å². The number of phenolic OH excluding ortho intramolecular Hbond substituents is 1. The zero-order valence-electron chi connectivity index (χ0n) is 12.8. The van der Waals surface area contributed by atoms with Crippen molar-refractivity contribution in [2.45, 2.75) is 51.6 Å². The number of aromatic hydroxyl groups is 1. The molecule has 3 nitrogen and oxygen atoms in total. The number of benzene rings is 1. The Hall–Kier alpha value is -1.06. The molecule has 0 bridgehead atoms. The molecule has 2 unspecified atom stereocenters. The lowest BCUT2D eigenvalue weighted by Crippen LogP contribution is -2.40. The lowest BCUT2D eigenvalue weighted by molar-refractivity contribution is 0.175. The highest BCUT2D eigenvalue weighted by Crippen LogP contribution is 2.27. The summed E-state index contributed by atoms with van der Waals surface area (Å²) in [6.07, 6.45) is 4.89. The van der Waals surface area contributed by atoms with E-state index in [1.807, 2.05) is 0 Å². The van der Waals surface area contributed by atoms with Crippen LogP contribution in [-0.2, 0) is 0 Å². The molecule has 2 atom stereocenters. The lowest BCUT2D eigenvalue weighted by Gasteiger charge is -2.33. The largest absolute Gasteiger partial charge is 0.508 e. The molecule has 0 radical (unpaired) electrons. The molecule has 1 aromatic rings. The maximum absolute atomic E-state index is 9.46. The summed E-state index contributed by atoms with van der Waals surface area (Å²) < 4.78 is 0. The van der Waals surface area contributed by atoms with E-state index in [1.54, 1.807) is 12.1 Å². The van der Waals surface area contributed by atoms with Crippen molar-refractivity contribution in [3.8, 4) is 5.75 Å². The maximum atomic E-state index is 9.46. The number of hydrogen-bond acceptors (Lipinski definition) is 3. The molecular formula is C17H28N2O.